The van der Waals surface area contributed by atoms with E-state index in [9.17, 15) is 64.7 Å². The standard InChI is InChI=1S/C72H101ClF6N12O13/c1-13-42(5)58-62(96)80-44(7)63(97)91-31-27-52(91)66(100)86(10)54(38-46-19-23-47(24-20-46)71(74,75)76)65(99)84(8)40-56(92)81-50(26-22-45-21-25-48(49(73)37-45)72(77,78)79)64(98)90-30-17-18-51(90)61(95)83-70(28-15-16-29-70)69(103)88(12)59(43(6)14-2)68(102)87(11)55(67(101)89-32-34-104-35-33-89)39-57(93)85(9)53(36-41(3)4)60(94)82-58/h19-21,23-25,37,41-44,50-55,58-59H,13-18,22,26-36,38-40H2,1-12H3,(H,80,96)(H,81,92)(H,82,94)(H,83,95)/t42-,43-,44-,50-,51-,52-,53-,54-,55-,58-,59-/m0/s1. The molecule has 104 heavy (non-hydrogen) atoms. The van der Waals surface area contributed by atoms with Crippen LogP contribution in [-0.2, 0) is 87.5 Å². The molecule has 12 amide bonds. The molecule has 2 aromatic rings. The van der Waals surface area contributed by atoms with E-state index in [2.05, 4.69) is 21.3 Å². The smallest absolute Gasteiger partial charge is 0.378 e. The summed E-state index contributed by atoms with van der Waals surface area (Å²) in [5, 5.41) is 10.5. The van der Waals surface area contributed by atoms with Crippen LogP contribution in [0.3, 0.4) is 0 Å². The molecule has 0 bridgehead atoms. The Bertz CT molecular complexity index is 3480. The van der Waals surface area contributed by atoms with Crippen molar-refractivity contribution in [2.45, 2.75) is 211 Å². The number of carbonyl (C=O) groups is 12. The summed E-state index contributed by atoms with van der Waals surface area (Å²) < 4.78 is 88.7. The molecule has 4 N–H and O–H groups in total. The molecule has 576 valence electrons. The van der Waals surface area contributed by atoms with E-state index in [4.69, 9.17) is 16.3 Å². The van der Waals surface area contributed by atoms with Crippen LogP contribution in [-0.4, -0.2) is 251 Å². The van der Waals surface area contributed by atoms with E-state index in [1.165, 1.54) is 61.8 Å². The maximum absolute atomic E-state index is 15.5. The summed E-state index contributed by atoms with van der Waals surface area (Å²) in [7, 11) is 6.57. The van der Waals surface area contributed by atoms with Crippen molar-refractivity contribution in [1.29, 1.82) is 0 Å². The quantitative estimate of drug-likeness (QED) is 0.199. The van der Waals surface area contributed by atoms with E-state index in [0.29, 0.717) is 25.7 Å². The van der Waals surface area contributed by atoms with Crippen LogP contribution in [0.5, 0.6) is 0 Å². The number of halogens is 7. The summed E-state index contributed by atoms with van der Waals surface area (Å²) in [6.45, 7) is 11.6. The molecule has 5 fully saturated rings. The van der Waals surface area contributed by atoms with Gasteiger partial charge in [0.15, 0.2) is 0 Å². The van der Waals surface area contributed by atoms with E-state index in [-0.39, 0.29) is 108 Å². The Kier molecular flexibility index (Phi) is 28.3. The molecule has 5 aliphatic rings. The van der Waals surface area contributed by atoms with Crippen LogP contribution in [0.25, 0.3) is 0 Å². The van der Waals surface area contributed by atoms with Gasteiger partial charge >= 0.3 is 12.4 Å². The number of benzene rings is 2. The molecule has 25 nitrogen and oxygen atoms in total. The third-order valence-electron chi connectivity index (χ3n) is 21.3. The van der Waals surface area contributed by atoms with Crippen molar-refractivity contribution in [3.05, 3.63) is 69.7 Å². The molecular formula is C72H101ClF6N12O13. The minimum atomic E-state index is -4.82. The average molecular weight is 1490 g/mol. The second kappa shape index (κ2) is 35.3. The van der Waals surface area contributed by atoms with Crippen molar-refractivity contribution in [1.82, 2.24) is 60.5 Å². The number of amides is 12. The van der Waals surface area contributed by atoms with Gasteiger partial charge in [0.05, 0.1) is 42.3 Å². The summed E-state index contributed by atoms with van der Waals surface area (Å²) in [6, 6.07) is -5.67. The van der Waals surface area contributed by atoms with Gasteiger partial charge in [-0.15, -0.1) is 0 Å². The summed E-state index contributed by atoms with van der Waals surface area (Å²) in [5.41, 5.74) is -3.43. The minimum absolute atomic E-state index is 0.00288. The number of nitrogens with zero attached hydrogens (tertiary/aromatic N) is 8. The number of nitrogens with one attached hydrogen (secondary N) is 4. The second-order valence-electron chi connectivity index (χ2n) is 28.9. The van der Waals surface area contributed by atoms with E-state index < -0.39 is 191 Å². The number of rotatable bonds is 12. The van der Waals surface area contributed by atoms with Crippen molar-refractivity contribution < 1.29 is 88.6 Å². The highest BCUT2D eigenvalue weighted by Gasteiger charge is 2.52. The average Bonchev–Trinajstić information content (AvgIpc) is 1.40. The number of likely N-dealkylation sites (N-methyl/N-ethyl adjacent to an activating group) is 5. The largest absolute Gasteiger partial charge is 0.417 e. The Morgan fingerprint density at radius 1 is 0.635 bits per heavy atom. The Hall–Kier alpha value is -8.09. The minimum Gasteiger partial charge on any atom is -0.378 e. The van der Waals surface area contributed by atoms with Gasteiger partial charge in [-0.2, -0.15) is 26.3 Å². The lowest BCUT2D eigenvalue weighted by Gasteiger charge is -2.44. The predicted octanol–water partition coefficient (Wildman–Crippen LogP) is 5.22. The van der Waals surface area contributed by atoms with Gasteiger partial charge in [0, 0.05) is 67.8 Å². The molecular weight excluding hydrogens is 1390 g/mol. The molecule has 0 unspecified atom stereocenters. The fourth-order valence-corrected chi connectivity index (χ4v) is 14.7. The lowest BCUT2D eigenvalue weighted by atomic mass is 9.90. The van der Waals surface area contributed by atoms with E-state index >= 15 is 19.2 Å². The van der Waals surface area contributed by atoms with Crippen molar-refractivity contribution in [2.24, 2.45) is 17.8 Å². The van der Waals surface area contributed by atoms with Crippen LogP contribution in [0.1, 0.15) is 148 Å². The summed E-state index contributed by atoms with van der Waals surface area (Å²) >= 11 is 6.12. The molecule has 1 aliphatic carbocycles. The SMILES string of the molecule is CC[C@H](C)[C@@H]1NC(=O)[C@H](CC(C)C)N(C)C(=O)C[C@@H](C(=O)N2CCOCC2)N(C)C(=O)[C@H]([C@@H](C)CC)N(C)C(=O)C2(CCCC2)NC(=O)[C@@H]2CCCN2C(=O)[C@H](CCc2ccc(C(F)(F)F)c(Cl)c2)NC(=O)CN(C)C(=O)[C@H](Cc2ccc(C(F)(F)F)cc2)N(C)C(=O)[C@@H]2CCN2C(=O)[C@H](C)NC1=O. The van der Waals surface area contributed by atoms with Crippen LogP contribution in [0.2, 0.25) is 5.02 Å². The Labute approximate surface area is 608 Å². The first kappa shape index (κ1) is 83.2. The zero-order valence-corrected chi connectivity index (χ0v) is 62.1. The number of carbonyl (C=O) groups excluding carboxylic acids is 12. The highest BCUT2D eigenvalue weighted by molar-refractivity contribution is 6.31. The van der Waals surface area contributed by atoms with Crippen molar-refractivity contribution in [3.63, 3.8) is 0 Å². The summed E-state index contributed by atoms with van der Waals surface area (Å²) in [6.07, 6.45) is -8.97. The number of ether oxygens (including phenoxy) is 1. The Morgan fingerprint density at radius 2 is 1.25 bits per heavy atom. The van der Waals surface area contributed by atoms with Crippen molar-refractivity contribution in [2.75, 3.05) is 81.2 Å². The number of hydrogen-bond acceptors (Lipinski definition) is 13. The molecule has 4 heterocycles. The highest BCUT2D eigenvalue weighted by atomic mass is 35.5. The van der Waals surface area contributed by atoms with Crippen LogP contribution in [0, 0.1) is 17.8 Å². The second-order valence-corrected chi connectivity index (χ2v) is 29.3. The van der Waals surface area contributed by atoms with Gasteiger partial charge in [-0.25, -0.2) is 0 Å². The fourth-order valence-electron chi connectivity index (χ4n) is 14.4. The van der Waals surface area contributed by atoms with Gasteiger partial charge in [-0.05, 0) is 111 Å². The Balaban J connectivity index is 1.30. The maximum Gasteiger partial charge on any atom is 0.417 e. The highest BCUT2D eigenvalue weighted by Crippen LogP contribution is 2.38. The first-order valence-electron chi connectivity index (χ1n) is 35.8. The normalized spacial score (nSPS) is 26.4. The number of alkyl halides is 6. The van der Waals surface area contributed by atoms with Gasteiger partial charge in [0.25, 0.3) is 0 Å². The fraction of sp³-hybridized carbons (Fsp3) is 0.667. The molecule has 2 aromatic carbocycles. The molecule has 1 saturated carbocycles. The van der Waals surface area contributed by atoms with Crippen LogP contribution in [0.4, 0.5) is 26.3 Å². The van der Waals surface area contributed by atoms with E-state index in [0.717, 1.165) is 62.1 Å². The van der Waals surface area contributed by atoms with E-state index in [1.54, 1.807) is 27.7 Å². The molecule has 7 rings (SSSR count). The predicted molar refractivity (Wildman–Crippen MR) is 370 cm³/mol. The molecule has 0 aromatic heterocycles. The molecule has 11 atom stereocenters. The first-order valence-corrected chi connectivity index (χ1v) is 36.2. The monoisotopic (exact) mass is 1490 g/mol. The molecule has 0 radical (unpaired) electrons. The van der Waals surface area contributed by atoms with Crippen LogP contribution >= 0.6 is 11.6 Å². The number of hydrogen-bond donors (Lipinski definition) is 4. The lowest BCUT2D eigenvalue weighted by Crippen LogP contribution is -2.65. The lowest BCUT2D eigenvalue weighted by molar-refractivity contribution is -0.157. The summed E-state index contributed by atoms with van der Waals surface area (Å²) in [4.78, 5) is 189. The third kappa shape index (κ3) is 19.7. The van der Waals surface area contributed by atoms with Gasteiger partial charge < -0.3 is 65.2 Å². The number of fused-ring (bicyclic) bond motifs is 2. The Morgan fingerprint density at radius 3 is 1.82 bits per heavy atom. The van der Waals surface area contributed by atoms with Crippen LogP contribution < -0.4 is 21.3 Å². The maximum atomic E-state index is 15.5. The molecule has 1 spiro atoms. The molecule has 4 saturated heterocycles. The first-order chi connectivity index (χ1) is 48.8. The van der Waals surface area contributed by atoms with E-state index in [1.807, 2.05) is 13.8 Å². The van der Waals surface area contributed by atoms with Gasteiger partial charge in [-0.1, -0.05) is 97.0 Å². The third-order valence-corrected chi connectivity index (χ3v) is 21.6. The molecule has 4 aliphatic heterocycles. The van der Waals surface area contributed by atoms with Gasteiger partial charge in [-0.3, -0.25) is 57.5 Å². The van der Waals surface area contributed by atoms with Gasteiger partial charge in [0.1, 0.15) is 59.9 Å². The summed E-state index contributed by atoms with van der Waals surface area (Å²) in [5.74, 6) is -10.8. The van der Waals surface area contributed by atoms with Crippen molar-refractivity contribution >= 4 is 82.5 Å². The number of morpholine rings is 1. The zero-order chi connectivity index (χ0) is 77.2. The van der Waals surface area contributed by atoms with Crippen LogP contribution in [0.15, 0.2) is 42.5 Å². The topological polar surface area (TPSA) is 288 Å². The van der Waals surface area contributed by atoms with Gasteiger partial charge in [0.2, 0.25) is 70.9 Å². The zero-order valence-electron chi connectivity index (χ0n) is 61.3. The van der Waals surface area contributed by atoms with Crippen molar-refractivity contribution in [3.8, 4) is 0 Å². The number of aryl methyl sites for hydroxylation is 1. The molecule has 32 heteroatoms.